The van der Waals surface area contributed by atoms with Gasteiger partial charge in [0.2, 0.25) is 5.17 Å². The standard InChI is InChI=1S/C17H17N3O3S2/c1-12-4-6-13(7-5-12)15-10-14(20(22)23)8-9-16(15)19(18(2)3)17(21)25-11-24/h4-10,21H,1-3H3. The van der Waals surface area contributed by atoms with Crippen LogP contribution in [0.2, 0.25) is 0 Å². The van der Waals surface area contributed by atoms with Gasteiger partial charge >= 0.3 is 0 Å². The Morgan fingerprint density at radius 3 is 2.40 bits per heavy atom. The third kappa shape index (κ3) is 4.39. The number of nitro groups is 1. The van der Waals surface area contributed by atoms with E-state index in [0.717, 1.165) is 22.1 Å². The minimum absolute atomic E-state index is 0.0217. The van der Waals surface area contributed by atoms with Gasteiger partial charge in [-0.05, 0) is 41.7 Å². The van der Waals surface area contributed by atoms with Crippen LogP contribution in [-0.2, 0) is 0 Å². The van der Waals surface area contributed by atoms with Gasteiger partial charge in [0.05, 0.1) is 10.6 Å². The van der Waals surface area contributed by atoms with Crippen LogP contribution in [0.3, 0.4) is 0 Å². The van der Waals surface area contributed by atoms with Gasteiger partial charge in [-0.3, -0.25) is 10.1 Å². The van der Waals surface area contributed by atoms with Crippen molar-refractivity contribution in [1.29, 1.82) is 0 Å². The van der Waals surface area contributed by atoms with Crippen LogP contribution in [0.25, 0.3) is 11.1 Å². The molecule has 0 heterocycles. The molecule has 2 rings (SSSR count). The molecule has 6 nitrogen and oxygen atoms in total. The number of hydrogen-bond acceptors (Lipinski definition) is 4. The lowest BCUT2D eigenvalue weighted by atomic mass is 10.0. The fraction of sp³-hybridized carbons (Fsp3) is 0.176. The number of aliphatic hydroxyl groups is 1. The van der Waals surface area contributed by atoms with Crippen LogP contribution in [-0.4, -0.2) is 38.6 Å². The summed E-state index contributed by atoms with van der Waals surface area (Å²) < 4.78 is 2.41. The second-order valence-corrected chi connectivity index (χ2v) is 6.69. The smallest absolute Gasteiger partial charge is 0.270 e. The molecule has 0 unspecified atom stereocenters. The van der Waals surface area contributed by atoms with Crippen molar-refractivity contribution in [3.63, 3.8) is 0 Å². The highest BCUT2D eigenvalue weighted by atomic mass is 32.1. The molecule has 0 radical (unpaired) electrons. The molecule has 0 aromatic heterocycles. The molecule has 0 aliphatic rings. The summed E-state index contributed by atoms with van der Waals surface area (Å²) in [5.41, 5.74) is 3.08. The van der Waals surface area contributed by atoms with Gasteiger partial charge in [-0.15, -0.1) is 0 Å². The number of nitrogens with zero attached hydrogens (tertiary/aromatic N) is 3. The molecule has 0 aliphatic carbocycles. The summed E-state index contributed by atoms with van der Waals surface area (Å²) in [6.07, 6.45) is 0. The first kappa shape index (κ1) is 19.0. The number of nitro benzene ring substituents is 1. The van der Waals surface area contributed by atoms with Crippen LogP contribution in [0.1, 0.15) is 5.56 Å². The third-order valence-electron chi connectivity index (χ3n) is 3.50. The van der Waals surface area contributed by atoms with Gasteiger partial charge in [-0.1, -0.05) is 29.8 Å². The van der Waals surface area contributed by atoms with Crippen LogP contribution in [0.15, 0.2) is 42.5 Å². The van der Waals surface area contributed by atoms with Gasteiger partial charge in [0, 0.05) is 36.1 Å². The van der Waals surface area contributed by atoms with Crippen LogP contribution >= 0.6 is 23.2 Å². The summed E-state index contributed by atoms with van der Waals surface area (Å²) in [5.74, 6) is 0. The molecule has 0 spiro atoms. The van der Waals surface area contributed by atoms with E-state index in [9.17, 15) is 15.2 Å². The molecule has 0 atom stereocenters. The van der Waals surface area contributed by atoms with Gasteiger partial charge in [-0.2, -0.15) is 0 Å². The molecule has 130 valence electrons. The van der Waals surface area contributed by atoms with E-state index >= 15 is 0 Å². The van der Waals surface area contributed by atoms with E-state index in [4.69, 9.17) is 0 Å². The highest BCUT2D eigenvalue weighted by Crippen LogP contribution is 2.35. The van der Waals surface area contributed by atoms with E-state index < -0.39 is 4.92 Å². The summed E-state index contributed by atoms with van der Waals surface area (Å²) >= 11 is 4.68. The van der Waals surface area contributed by atoms with Crippen molar-refractivity contribution in [2.45, 2.75) is 6.92 Å². The van der Waals surface area contributed by atoms with Gasteiger partial charge in [-0.25, -0.2) is 10.0 Å². The number of non-ortho nitro benzene ring substituents is 1. The zero-order valence-electron chi connectivity index (χ0n) is 14.0. The normalized spacial score (nSPS) is 10.3. The van der Waals surface area contributed by atoms with E-state index in [1.165, 1.54) is 17.1 Å². The first-order valence-electron chi connectivity index (χ1n) is 7.28. The maximum Gasteiger partial charge on any atom is 0.270 e. The lowest BCUT2D eigenvalue weighted by molar-refractivity contribution is -0.384. The number of hydrogen-bond donors (Lipinski definition) is 1. The molecule has 0 aliphatic heterocycles. The molecule has 25 heavy (non-hydrogen) atoms. The Morgan fingerprint density at radius 2 is 1.88 bits per heavy atom. The average Bonchev–Trinajstić information content (AvgIpc) is 2.56. The molecule has 0 bridgehead atoms. The summed E-state index contributed by atoms with van der Waals surface area (Å²) in [5, 5.41) is 24.6. The third-order valence-corrected chi connectivity index (χ3v) is 4.18. The van der Waals surface area contributed by atoms with Crippen LogP contribution in [0.5, 0.6) is 0 Å². The predicted octanol–water partition coefficient (Wildman–Crippen LogP) is 4.07. The Bertz CT molecular complexity index is 885. The zero-order valence-corrected chi connectivity index (χ0v) is 15.6. The first-order chi connectivity index (χ1) is 11.8. The van der Waals surface area contributed by atoms with Crippen molar-refractivity contribution in [2.24, 2.45) is 0 Å². The SMILES string of the molecule is Cc1ccc(-c2cc([N+](=O)[O-])ccc2N(C(O)=S=C=S)N(C)C)cc1. The number of aliphatic hydroxyl groups excluding tert-OH is 1. The second-order valence-electron chi connectivity index (χ2n) is 5.45. The molecule has 0 fully saturated rings. The Hall–Kier alpha value is -2.35. The predicted molar refractivity (Wildman–Crippen MR) is 107 cm³/mol. The number of benzene rings is 2. The molecule has 0 amide bonds. The maximum absolute atomic E-state index is 11.2. The lowest BCUT2D eigenvalue weighted by Crippen LogP contribution is -2.41. The molecule has 1 N–H and O–H groups in total. The second kappa shape index (κ2) is 8.15. The van der Waals surface area contributed by atoms with E-state index in [1.807, 2.05) is 31.2 Å². The molecule has 0 saturated heterocycles. The van der Waals surface area contributed by atoms with E-state index in [1.54, 1.807) is 25.2 Å². The molecular formula is C17H17N3O3S2. The van der Waals surface area contributed by atoms with Gasteiger partial charge in [0.1, 0.15) is 0 Å². The summed E-state index contributed by atoms with van der Waals surface area (Å²) in [4.78, 5) is 10.7. The van der Waals surface area contributed by atoms with Gasteiger partial charge < -0.3 is 5.11 Å². The van der Waals surface area contributed by atoms with Crippen molar-refractivity contribution in [1.82, 2.24) is 5.01 Å². The average molecular weight is 375 g/mol. The summed E-state index contributed by atoms with van der Waals surface area (Å²) in [7, 11) is 4.37. The number of anilines is 1. The van der Waals surface area contributed by atoms with Gasteiger partial charge in [0.25, 0.3) is 5.69 Å². The molecule has 0 saturated carbocycles. The molecule has 2 aromatic rings. The van der Waals surface area contributed by atoms with Crippen molar-refractivity contribution in [2.75, 3.05) is 19.1 Å². The summed E-state index contributed by atoms with van der Waals surface area (Å²) in [6.45, 7) is 1.97. The first-order valence-corrected chi connectivity index (χ1v) is 8.50. The van der Waals surface area contributed by atoms with E-state index in [-0.39, 0.29) is 10.9 Å². The fourth-order valence-corrected chi connectivity index (χ4v) is 3.00. The molecular weight excluding hydrogens is 358 g/mol. The number of hydrazine groups is 1. The van der Waals surface area contributed by atoms with Crippen LogP contribution < -0.4 is 5.01 Å². The van der Waals surface area contributed by atoms with E-state index in [2.05, 4.69) is 16.5 Å². The maximum atomic E-state index is 11.2. The molecule has 8 heteroatoms. The number of rotatable bonds is 4. The highest BCUT2D eigenvalue weighted by Gasteiger charge is 2.21. The largest absolute Gasteiger partial charge is 0.337 e. The lowest BCUT2D eigenvalue weighted by Gasteiger charge is -2.30. The minimum Gasteiger partial charge on any atom is -0.337 e. The number of aryl methyl sites for hydroxylation is 1. The van der Waals surface area contributed by atoms with Crippen LogP contribution in [0.4, 0.5) is 11.4 Å². The minimum atomic E-state index is -0.440. The van der Waals surface area contributed by atoms with Crippen LogP contribution in [0, 0.1) is 17.0 Å². The van der Waals surface area contributed by atoms with E-state index in [0.29, 0.717) is 11.3 Å². The Balaban J connectivity index is 2.75. The van der Waals surface area contributed by atoms with Gasteiger partial charge in [0.15, 0.2) is 0 Å². The van der Waals surface area contributed by atoms with Crippen molar-refractivity contribution >= 4 is 44.0 Å². The summed E-state index contributed by atoms with van der Waals surface area (Å²) in [6, 6.07) is 12.1. The number of thiocarbonyl (C=S) groups is 1. The highest BCUT2D eigenvalue weighted by molar-refractivity contribution is 8.04. The molecule has 2 aromatic carbocycles. The monoisotopic (exact) mass is 375 g/mol. The van der Waals surface area contributed by atoms with Crippen molar-refractivity contribution < 1.29 is 10.0 Å². The Labute approximate surface area is 154 Å². The van der Waals surface area contributed by atoms with Crippen molar-refractivity contribution in [3.05, 3.63) is 58.1 Å². The topological polar surface area (TPSA) is 69.8 Å². The fourth-order valence-electron chi connectivity index (χ4n) is 2.36. The van der Waals surface area contributed by atoms with Crippen molar-refractivity contribution in [3.8, 4) is 11.1 Å². The zero-order chi connectivity index (χ0) is 18.6. The quantitative estimate of drug-likeness (QED) is 0.494. The Kier molecular flexibility index (Phi) is 6.19. The Morgan fingerprint density at radius 1 is 1.24 bits per heavy atom.